The number of rotatable bonds is 10. The van der Waals surface area contributed by atoms with Gasteiger partial charge in [-0.15, -0.1) is 0 Å². The molecule has 3 aromatic carbocycles. The Labute approximate surface area is 235 Å². The van der Waals surface area contributed by atoms with Crippen LogP contribution in [0.25, 0.3) is 6.08 Å². The minimum atomic E-state index is -0.833. The highest BCUT2D eigenvalue weighted by molar-refractivity contribution is 9.10. The predicted molar refractivity (Wildman–Crippen MR) is 152 cm³/mol. The number of carbonyl (C=O) groups is 3. The monoisotopic (exact) mass is 590 g/mol. The molecule has 1 N–H and O–H groups in total. The van der Waals surface area contributed by atoms with Crippen LogP contribution in [0.15, 0.2) is 83.4 Å². The number of carbonyl (C=O) groups excluding carboxylic acids is 3. The summed E-state index contributed by atoms with van der Waals surface area (Å²) in [5.41, 5.74) is 2.77. The fourth-order valence-electron chi connectivity index (χ4n) is 3.82. The first kappa shape index (κ1) is 27.7. The van der Waals surface area contributed by atoms with Crippen LogP contribution >= 0.6 is 15.9 Å². The van der Waals surface area contributed by atoms with E-state index in [0.29, 0.717) is 46.2 Å². The first-order valence-electron chi connectivity index (χ1n) is 12.2. The summed E-state index contributed by atoms with van der Waals surface area (Å²) < 4.78 is 17.8. The van der Waals surface area contributed by atoms with Crippen LogP contribution in [-0.2, 0) is 16.2 Å². The lowest BCUT2D eigenvalue weighted by molar-refractivity contribution is -0.122. The summed E-state index contributed by atoms with van der Waals surface area (Å²) >= 11 is 3.46. The third kappa shape index (κ3) is 6.56. The molecule has 0 radical (unpaired) electrons. The SMILES string of the molecule is C=CCOc1c(Br)cc(/C=C2\C(=O)NC(=O)N(c3ccc(OCc4ccc(C)cc4)cc3)C2=O)cc1OCC. The molecule has 4 rings (SSSR count). The van der Waals surface area contributed by atoms with Crippen LogP contribution < -0.4 is 24.4 Å². The first-order chi connectivity index (χ1) is 18.8. The van der Waals surface area contributed by atoms with Gasteiger partial charge in [0, 0.05) is 0 Å². The Kier molecular flexibility index (Phi) is 8.83. The van der Waals surface area contributed by atoms with Crippen LogP contribution in [0.3, 0.4) is 0 Å². The number of benzene rings is 3. The molecule has 200 valence electrons. The van der Waals surface area contributed by atoms with Gasteiger partial charge in [0.1, 0.15) is 24.5 Å². The van der Waals surface area contributed by atoms with Crippen molar-refractivity contribution in [2.45, 2.75) is 20.5 Å². The minimum Gasteiger partial charge on any atom is -0.490 e. The Balaban J connectivity index is 1.56. The molecule has 0 atom stereocenters. The number of nitrogens with one attached hydrogen (secondary N) is 1. The zero-order chi connectivity index (χ0) is 27.9. The molecule has 0 bridgehead atoms. The van der Waals surface area contributed by atoms with Gasteiger partial charge in [0.2, 0.25) is 0 Å². The molecule has 9 heteroatoms. The van der Waals surface area contributed by atoms with Crippen molar-refractivity contribution >= 4 is 45.5 Å². The van der Waals surface area contributed by atoms with Gasteiger partial charge < -0.3 is 14.2 Å². The van der Waals surface area contributed by atoms with E-state index in [2.05, 4.69) is 27.8 Å². The summed E-state index contributed by atoms with van der Waals surface area (Å²) in [5, 5.41) is 2.24. The van der Waals surface area contributed by atoms with Crippen LogP contribution in [0.5, 0.6) is 17.2 Å². The van der Waals surface area contributed by atoms with Gasteiger partial charge in [0.15, 0.2) is 11.5 Å². The van der Waals surface area contributed by atoms with Crippen molar-refractivity contribution < 1.29 is 28.6 Å². The molecular formula is C30H27BrN2O6. The van der Waals surface area contributed by atoms with Crippen LogP contribution in [0.1, 0.15) is 23.6 Å². The highest BCUT2D eigenvalue weighted by Gasteiger charge is 2.37. The van der Waals surface area contributed by atoms with Gasteiger partial charge in [0.25, 0.3) is 11.8 Å². The Bertz CT molecular complexity index is 1430. The number of ether oxygens (including phenoxy) is 3. The standard InChI is InChI=1S/C30H27BrN2O6/c1-4-14-38-27-25(31)16-21(17-26(27)37-5-2)15-24-28(34)32-30(36)33(29(24)35)22-10-12-23(13-11-22)39-18-20-8-6-19(3)7-9-20/h4,6-13,15-17H,1,5,14,18H2,2-3H3,(H,32,34,36)/b24-15+. The van der Waals surface area contributed by atoms with Crippen molar-refractivity contribution in [3.63, 3.8) is 0 Å². The number of nitrogens with zero attached hydrogens (tertiary/aromatic N) is 1. The number of hydrogen-bond acceptors (Lipinski definition) is 6. The summed E-state index contributed by atoms with van der Waals surface area (Å²) in [5.74, 6) is -0.0696. The van der Waals surface area contributed by atoms with E-state index in [1.54, 1.807) is 42.5 Å². The van der Waals surface area contributed by atoms with Crippen LogP contribution in [0.4, 0.5) is 10.5 Å². The van der Waals surface area contributed by atoms with Crippen molar-refractivity contribution in [1.29, 1.82) is 0 Å². The van der Waals surface area contributed by atoms with Gasteiger partial charge in [-0.05, 0) is 83.4 Å². The zero-order valence-electron chi connectivity index (χ0n) is 21.5. The second-order valence-electron chi connectivity index (χ2n) is 8.59. The highest BCUT2D eigenvalue weighted by Crippen LogP contribution is 2.38. The van der Waals surface area contributed by atoms with Crippen molar-refractivity contribution in [2.24, 2.45) is 0 Å². The summed E-state index contributed by atoms with van der Waals surface area (Å²) in [7, 11) is 0. The van der Waals surface area contributed by atoms with Gasteiger partial charge in [-0.2, -0.15) is 0 Å². The molecule has 4 amide bonds. The molecule has 1 aliphatic rings. The van der Waals surface area contributed by atoms with E-state index in [4.69, 9.17) is 14.2 Å². The number of imide groups is 2. The van der Waals surface area contributed by atoms with Gasteiger partial charge in [-0.25, -0.2) is 9.69 Å². The smallest absolute Gasteiger partial charge is 0.335 e. The van der Waals surface area contributed by atoms with Crippen molar-refractivity contribution in [3.8, 4) is 17.2 Å². The van der Waals surface area contributed by atoms with Crippen molar-refractivity contribution in [1.82, 2.24) is 5.32 Å². The lowest BCUT2D eigenvalue weighted by Crippen LogP contribution is -2.54. The number of hydrogen-bond donors (Lipinski definition) is 1. The van der Waals surface area contributed by atoms with E-state index >= 15 is 0 Å². The fourth-order valence-corrected chi connectivity index (χ4v) is 4.39. The van der Waals surface area contributed by atoms with Crippen LogP contribution in [0.2, 0.25) is 0 Å². The predicted octanol–water partition coefficient (Wildman–Crippen LogP) is 5.97. The van der Waals surface area contributed by atoms with E-state index in [1.807, 2.05) is 38.1 Å². The number of urea groups is 1. The van der Waals surface area contributed by atoms with Gasteiger partial charge >= 0.3 is 6.03 Å². The lowest BCUT2D eigenvalue weighted by Gasteiger charge is -2.26. The summed E-state index contributed by atoms with van der Waals surface area (Å²) in [6.45, 7) is 8.52. The van der Waals surface area contributed by atoms with Crippen molar-refractivity contribution in [2.75, 3.05) is 18.1 Å². The Morgan fingerprint density at radius 3 is 2.36 bits per heavy atom. The number of amides is 4. The lowest BCUT2D eigenvalue weighted by atomic mass is 10.1. The summed E-state index contributed by atoms with van der Waals surface area (Å²) in [4.78, 5) is 39.5. The average Bonchev–Trinajstić information content (AvgIpc) is 2.91. The molecule has 0 saturated carbocycles. The maximum Gasteiger partial charge on any atom is 0.335 e. The average molecular weight is 591 g/mol. The molecule has 1 aliphatic heterocycles. The van der Waals surface area contributed by atoms with Gasteiger partial charge in [0.05, 0.1) is 16.8 Å². The molecule has 1 saturated heterocycles. The van der Waals surface area contributed by atoms with Gasteiger partial charge in [-0.3, -0.25) is 14.9 Å². The quantitative estimate of drug-likeness (QED) is 0.178. The van der Waals surface area contributed by atoms with Crippen LogP contribution in [-0.4, -0.2) is 31.1 Å². The van der Waals surface area contributed by atoms with Crippen molar-refractivity contribution in [3.05, 3.63) is 100 Å². The summed E-state index contributed by atoms with van der Waals surface area (Å²) in [6.07, 6.45) is 3.01. The Hall–Kier alpha value is -4.37. The number of barbiturate groups is 1. The van der Waals surface area contributed by atoms with E-state index in [1.165, 1.54) is 6.08 Å². The second kappa shape index (κ2) is 12.4. The molecule has 3 aromatic rings. The Morgan fingerprint density at radius 1 is 0.974 bits per heavy atom. The van der Waals surface area contributed by atoms with Gasteiger partial charge in [-0.1, -0.05) is 42.5 Å². The molecule has 0 spiro atoms. The van der Waals surface area contributed by atoms with Crippen LogP contribution in [0, 0.1) is 6.92 Å². The molecular weight excluding hydrogens is 564 g/mol. The fraction of sp³-hybridized carbons (Fsp3) is 0.167. The maximum atomic E-state index is 13.3. The molecule has 1 heterocycles. The van der Waals surface area contributed by atoms with E-state index in [9.17, 15) is 14.4 Å². The third-order valence-electron chi connectivity index (χ3n) is 5.71. The molecule has 0 aliphatic carbocycles. The molecule has 8 nitrogen and oxygen atoms in total. The molecule has 0 unspecified atom stereocenters. The van der Waals surface area contributed by atoms with E-state index in [0.717, 1.165) is 16.0 Å². The maximum absolute atomic E-state index is 13.3. The number of aryl methyl sites for hydroxylation is 1. The number of anilines is 1. The Morgan fingerprint density at radius 2 is 1.69 bits per heavy atom. The minimum absolute atomic E-state index is 0.205. The summed E-state index contributed by atoms with van der Waals surface area (Å²) in [6, 6.07) is 17.0. The topological polar surface area (TPSA) is 94.2 Å². The molecule has 39 heavy (non-hydrogen) atoms. The number of halogens is 1. The largest absolute Gasteiger partial charge is 0.490 e. The third-order valence-corrected chi connectivity index (χ3v) is 6.30. The first-order valence-corrected chi connectivity index (χ1v) is 13.0. The highest BCUT2D eigenvalue weighted by atomic mass is 79.9. The second-order valence-corrected chi connectivity index (χ2v) is 9.44. The molecule has 0 aromatic heterocycles. The molecule has 1 fully saturated rings. The normalized spacial score (nSPS) is 14.3. The zero-order valence-corrected chi connectivity index (χ0v) is 23.1. The van der Waals surface area contributed by atoms with E-state index < -0.39 is 17.8 Å². The van der Waals surface area contributed by atoms with E-state index in [-0.39, 0.29) is 12.2 Å².